The zero-order valence-corrected chi connectivity index (χ0v) is 27.0. The lowest BCUT2D eigenvalue weighted by atomic mass is 9.90. The summed E-state index contributed by atoms with van der Waals surface area (Å²) in [6.07, 6.45) is 6.41. The molecule has 4 aliphatic rings. The molecule has 0 amide bonds. The molecule has 2 atom stereocenters. The zero-order valence-electron chi connectivity index (χ0n) is 24.7. The molecule has 0 saturated carbocycles. The molecule has 0 saturated heterocycles. The van der Waals surface area contributed by atoms with Crippen molar-refractivity contribution in [2.75, 3.05) is 28.6 Å². The summed E-state index contributed by atoms with van der Waals surface area (Å²) < 4.78 is 43.9. The van der Waals surface area contributed by atoms with Gasteiger partial charge >= 0.3 is 5.97 Å². The van der Waals surface area contributed by atoms with E-state index in [1.807, 2.05) is 30.3 Å². The van der Waals surface area contributed by atoms with Crippen LogP contribution in [0.3, 0.4) is 0 Å². The Morgan fingerprint density at radius 2 is 1.78 bits per heavy atom. The molecular weight excluding hydrogens is 639 g/mol. The minimum absolute atomic E-state index is 0.0809. The van der Waals surface area contributed by atoms with Crippen LogP contribution in [-0.2, 0) is 32.7 Å². The first kappa shape index (κ1) is 30.6. The quantitative estimate of drug-likeness (QED) is 0.161. The summed E-state index contributed by atoms with van der Waals surface area (Å²) >= 11 is 12.9. The van der Waals surface area contributed by atoms with Gasteiger partial charge in [-0.1, -0.05) is 29.6 Å². The maximum atomic E-state index is 11.6. The first-order chi connectivity index (χ1) is 21.6. The first-order valence-corrected chi connectivity index (χ1v) is 17.8. The number of aliphatic carboxylic acids is 1. The van der Waals surface area contributed by atoms with E-state index in [0.717, 1.165) is 90.5 Å². The van der Waals surface area contributed by atoms with E-state index in [-0.39, 0.29) is 30.8 Å². The highest BCUT2D eigenvalue weighted by atomic mass is 35.5. The van der Waals surface area contributed by atoms with E-state index < -0.39 is 16.1 Å². The van der Waals surface area contributed by atoms with E-state index in [1.165, 1.54) is 0 Å². The molecule has 238 valence electrons. The van der Waals surface area contributed by atoms with Crippen LogP contribution in [0.4, 0.5) is 11.4 Å². The van der Waals surface area contributed by atoms with Gasteiger partial charge in [-0.05, 0) is 55.7 Å². The minimum atomic E-state index is -4.10. The summed E-state index contributed by atoms with van der Waals surface area (Å²) in [4.78, 5) is 15.7. The van der Waals surface area contributed by atoms with Crippen LogP contribution in [0.2, 0.25) is 10.0 Å². The van der Waals surface area contributed by atoms with Gasteiger partial charge in [0.1, 0.15) is 5.82 Å². The first-order valence-electron chi connectivity index (χ1n) is 15.4. The van der Waals surface area contributed by atoms with Crippen LogP contribution in [0.15, 0.2) is 53.9 Å². The molecular formula is C32H35Cl2N4O6S+. The van der Waals surface area contributed by atoms with Crippen LogP contribution in [0.25, 0.3) is 16.6 Å². The predicted octanol–water partition coefficient (Wildman–Crippen LogP) is 5.65. The van der Waals surface area contributed by atoms with Crippen molar-refractivity contribution in [3.8, 4) is 0 Å². The summed E-state index contributed by atoms with van der Waals surface area (Å²) in [5, 5.41) is 10.3. The van der Waals surface area contributed by atoms with Gasteiger partial charge in [0, 0.05) is 54.0 Å². The molecule has 0 fully saturated rings. The molecule has 10 nitrogen and oxygen atoms in total. The molecule has 5 heterocycles. The van der Waals surface area contributed by atoms with E-state index in [2.05, 4.69) is 31.1 Å². The maximum absolute atomic E-state index is 11.6. The van der Waals surface area contributed by atoms with Gasteiger partial charge in [-0.3, -0.25) is 9.35 Å². The fourth-order valence-corrected chi connectivity index (χ4v) is 8.17. The van der Waals surface area contributed by atoms with Crippen LogP contribution < -0.4 is 14.4 Å². The highest BCUT2D eigenvalue weighted by Crippen LogP contribution is 2.49. The number of halogens is 2. The van der Waals surface area contributed by atoms with E-state index in [0.29, 0.717) is 23.0 Å². The number of hydrogen-bond acceptors (Lipinski definition) is 6. The highest BCUT2D eigenvalue weighted by Gasteiger charge is 2.45. The van der Waals surface area contributed by atoms with Crippen LogP contribution >= 0.6 is 23.2 Å². The zero-order chi connectivity index (χ0) is 31.5. The molecule has 2 N–H and O–H groups in total. The van der Waals surface area contributed by atoms with Crippen molar-refractivity contribution < 1.29 is 32.2 Å². The van der Waals surface area contributed by atoms with Gasteiger partial charge in [-0.25, -0.2) is 9.13 Å². The molecule has 0 spiro atoms. The number of anilines is 2. The van der Waals surface area contributed by atoms with Crippen LogP contribution in [0.1, 0.15) is 50.8 Å². The van der Waals surface area contributed by atoms with Crippen molar-refractivity contribution in [2.45, 2.75) is 70.2 Å². The number of nitrogens with zero attached hydrogens (tertiary/aromatic N) is 4. The topological polar surface area (TPSA) is 116 Å². The number of aryl methyl sites for hydroxylation is 2. The number of imidazole rings is 1. The third-order valence-electron chi connectivity index (χ3n) is 9.20. The number of benzene rings is 2. The molecule has 7 rings (SSSR count). The van der Waals surface area contributed by atoms with Crippen molar-refractivity contribution in [3.05, 3.63) is 69.7 Å². The van der Waals surface area contributed by atoms with Gasteiger partial charge in [0.25, 0.3) is 15.9 Å². The molecule has 1 aromatic heterocycles. The number of carboxylic acids is 1. The predicted molar refractivity (Wildman–Crippen MR) is 173 cm³/mol. The summed E-state index contributed by atoms with van der Waals surface area (Å²) in [5.41, 5.74) is 6.18. The standard InChI is InChI=1S/C32H34Cl2N4O6S/c33-20-7-9-25-26(17-20)36(13-4-16-45(41,42)43)32-23-19-22-29(44-28(23)10-14-37(25)32)11-15-38-27-18-21(34)6-8-24(27)35(31(22)38)12-3-1-2-5-30(39)40/h6-9,17-19,28-29H,1-5,10-16H2,(H-,39,40,41,42,43)/p+1. The van der Waals surface area contributed by atoms with Gasteiger partial charge in [0.15, 0.2) is 11.0 Å². The number of aromatic nitrogens is 2. The van der Waals surface area contributed by atoms with Crippen LogP contribution in [0.5, 0.6) is 0 Å². The smallest absolute Gasteiger partial charge is 0.303 e. The van der Waals surface area contributed by atoms with Crippen LogP contribution in [0, 0.1) is 0 Å². The molecule has 13 heteroatoms. The Balaban J connectivity index is 1.33. The van der Waals surface area contributed by atoms with Gasteiger partial charge in [-0.15, -0.1) is 0 Å². The number of carboxylic acid groups (broad SMARTS) is 1. The van der Waals surface area contributed by atoms with Crippen molar-refractivity contribution in [3.63, 3.8) is 0 Å². The van der Waals surface area contributed by atoms with Crippen molar-refractivity contribution in [1.29, 1.82) is 0 Å². The van der Waals surface area contributed by atoms with Crippen molar-refractivity contribution >= 4 is 67.3 Å². The third kappa shape index (κ3) is 5.74. The lowest BCUT2D eigenvalue weighted by molar-refractivity contribution is -0.679. The second-order valence-electron chi connectivity index (χ2n) is 12.1. The Kier molecular flexibility index (Phi) is 8.10. The fraction of sp³-hybridized carbons (Fsp3) is 0.438. The molecule has 0 bridgehead atoms. The lowest BCUT2D eigenvalue weighted by Gasteiger charge is -2.40. The molecule has 3 aromatic rings. The molecule has 2 unspecified atom stereocenters. The second-order valence-corrected chi connectivity index (χ2v) is 14.6. The maximum Gasteiger partial charge on any atom is 0.303 e. The Hall–Kier alpha value is -3.09. The Morgan fingerprint density at radius 3 is 2.58 bits per heavy atom. The lowest BCUT2D eigenvalue weighted by Crippen LogP contribution is -2.49. The van der Waals surface area contributed by atoms with Gasteiger partial charge < -0.3 is 19.6 Å². The van der Waals surface area contributed by atoms with E-state index in [4.69, 9.17) is 33.0 Å². The summed E-state index contributed by atoms with van der Waals surface area (Å²) in [6.45, 7) is 2.66. The number of carbonyl (C=O) groups is 1. The third-order valence-corrected chi connectivity index (χ3v) is 10.5. The number of fused-ring (bicyclic) bond motifs is 9. The number of ether oxygens (including phenoxy) is 1. The van der Waals surface area contributed by atoms with E-state index in [1.54, 1.807) is 0 Å². The highest BCUT2D eigenvalue weighted by molar-refractivity contribution is 7.85. The molecule has 4 aliphatic heterocycles. The fourth-order valence-electron chi connectivity index (χ4n) is 7.34. The largest absolute Gasteiger partial charge is 0.481 e. The minimum Gasteiger partial charge on any atom is -0.481 e. The summed E-state index contributed by atoms with van der Waals surface area (Å²) in [6, 6.07) is 11.7. The van der Waals surface area contributed by atoms with Crippen molar-refractivity contribution in [1.82, 2.24) is 4.57 Å². The molecule has 0 aliphatic carbocycles. The number of hydrogen-bond donors (Lipinski definition) is 2. The van der Waals surface area contributed by atoms with Crippen molar-refractivity contribution in [2.24, 2.45) is 0 Å². The molecule has 0 radical (unpaired) electrons. The van der Waals surface area contributed by atoms with E-state index in [9.17, 15) is 17.8 Å². The monoisotopic (exact) mass is 673 g/mol. The average molecular weight is 675 g/mol. The Labute approximate surface area is 271 Å². The number of unbranched alkanes of at least 4 members (excludes halogenated alkanes) is 2. The Morgan fingerprint density at radius 1 is 0.978 bits per heavy atom. The second kappa shape index (κ2) is 11.9. The normalized spacial score (nSPS) is 20.5. The van der Waals surface area contributed by atoms with Gasteiger partial charge in [0.2, 0.25) is 0 Å². The Bertz CT molecular complexity index is 1870. The number of rotatable bonds is 10. The summed E-state index contributed by atoms with van der Waals surface area (Å²) in [7, 11) is -4.10. The summed E-state index contributed by atoms with van der Waals surface area (Å²) in [5.74, 6) is 0.925. The van der Waals surface area contributed by atoms with E-state index >= 15 is 0 Å². The molecule has 2 aromatic carbocycles. The molecule has 45 heavy (non-hydrogen) atoms. The van der Waals surface area contributed by atoms with Gasteiger partial charge in [0.05, 0.1) is 48.0 Å². The van der Waals surface area contributed by atoms with Crippen LogP contribution in [-0.4, -0.2) is 59.7 Å². The average Bonchev–Trinajstić information content (AvgIpc) is 3.47. The SMILES string of the molecule is O=C(O)CCCCCN1C2=C3C=C4c5n(CCCS(=O)(=O)O)c6cc(Cl)ccc6[n+]5CCC4OC3CCN2c2cc(Cl)ccc21. The van der Waals surface area contributed by atoms with Gasteiger partial charge in [-0.2, -0.15) is 8.42 Å².